The number of thiophene rings is 1. The first-order valence-corrected chi connectivity index (χ1v) is 7.70. The van der Waals surface area contributed by atoms with Gasteiger partial charge in [-0.1, -0.05) is 18.5 Å². The molecule has 0 saturated heterocycles. The molecule has 0 aromatic carbocycles. The average Bonchev–Trinajstić information content (AvgIpc) is 2.64. The average molecular weight is 266 g/mol. The summed E-state index contributed by atoms with van der Waals surface area (Å²) in [5, 5.41) is 5.38. The highest BCUT2D eigenvalue weighted by molar-refractivity contribution is 7.84. The lowest BCUT2D eigenvalue weighted by Crippen LogP contribution is -2.23. The maximum Gasteiger partial charge on any atom is 0.0931 e. The van der Waals surface area contributed by atoms with Crippen molar-refractivity contribution in [1.29, 1.82) is 0 Å². The van der Waals surface area contributed by atoms with Crippen molar-refractivity contribution < 1.29 is 4.21 Å². The van der Waals surface area contributed by atoms with Crippen molar-refractivity contribution in [1.82, 2.24) is 5.32 Å². The fourth-order valence-corrected chi connectivity index (χ4v) is 2.82. The van der Waals surface area contributed by atoms with Crippen molar-refractivity contribution in [3.05, 3.63) is 21.3 Å². The van der Waals surface area contributed by atoms with Crippen molar-refractivity contribution in [3.8, 4) is 0 Å². The smallest absolute Gasteiger partial charge is 0.0931 e. The van der Waals surface area contributed by atoms with Crippen molar-refractivity contribution in [2.75, 3.05) is 18.1 Å². The summed E-state index contributed by atoms with van der Waals surface area (Å²) in [6, 6.07) is 2.25. The van der Waals surface area contributed by atoms with Gasteiger partial charge in [-0.05, 0) is 23.9 Å². The quantitative estimate of drug-likeness (QED) is 0.857. The topological polar surface area (TPSA) is 29.1 Å². The molecule has 1 aromatic heterocycles. The van der Waals surface area contributed by atoms with Crippen molar-refractivity contribution in [3.63, 3.8) is 0 Å². The van der Waals surface area contributed by atoms with Gasteiger partial charge >= 0.3 is 0 Å². The van der Waals surface area contributed by atoms with Gasteiger partial charge in [-0.25, -0.2) is 0 Å². The minimum absolute atomic E-state index is 0.280. The first-order chi connectivity index (χ1) is 7.13. The number of hydrogen-bond donors (Lipinski definition) is 1. The van der Waals surface area contributed by atoms with Crippen LogP contribution in [0.15, 0.2) is 11.4 Å². The first kappa shape index (κ1) is 13.2. The second kappa shape index (κ2) is 6.63. The van der Waals surface area contributed by atoms with Crippen LogP contribution in [-0.2, 0) is 10.8 Å². The lowest BCUT2D eigenvalue weighted by molar-refractivity contribution is 0.598. The van der Waals surface area contributed by atoms with Crippen LogP contribution in [0.2, 0.25) is 4.34 Å². The van der Waals surface area contributed by atoms with Crippen molar-refractivity contribution >= 4 is 33.7 Å². The molecule has 0 bridgehead atoms. The van der Waals surface area contributed by atoms with Gasteiger partial charge in [-0.15, -0.1) is 11.3 Å². The summed E-state index contributed by atoms with van der Waals surface area (Å²) in [4.78, 5) is 0. The van der Waals surface area contributed by atoms with Crippen LogP contribution >= 0.6 is 22.9 Å². The van der Waals surface area contributed by atoms with Crippen LogP contribution in [0.4, 0.5) is 0 Å². The van der Waals surface area contributed by atoms with Gasteiger partial charge in [0.1, 0.15) is 0 Å². The molecule has 86 valence electrons. The molecule has 15 heavy (non-hydrogen) atoms. The standard InChI is InChI=1S/C10H16ClNOS2/c1-3-15(13)5-4-12-8(2)9-6-10(11)14-7-9/h6-8,12H,3-5H2,1-2H3. The SMILES string of the molecule is CCS(=O)CCNC(C)c1csc(Cl)c1. The Bertz CT molecular complexity index is 327. The molecule has 2 unspecified atom stereocenters. The van der Waals surface area contributed by atoms with Gasteiger partial charge in [-0.2, -0.15) is 0 Å². The molecule has 0 saturated carbocycles. The Kier molecular flexibility index (Phi) is 5.82. The normalized spacial score (nSPS) is 15.1. The zero-order chi connectivity index (χ0) is 11.3. The number of rotatable bonds is 6. The summed E-state index contributed by atoms with van der Waals surface area (Å²) in [6.45, 7) is 4.82. The van der Waals surface area contributed by atoms with Gasteiger partial charge in [-0.3, -0.25) is 4.21 Å². The third-order valence-electron chi connectivity index (χ3n) is 2.19. The minimum Gasteiger partial charge on any atom is -0.309 e. The maximum atomic E-state index is 11.2. The third-order valence-corrected chi connectivity index (χ3v) is 4.60. The van der Waals surface area contributed by atoms with E-state index in [1.54, 1.807) is 11.3 Å². The molecule has 1 heterocycles. The van der Waals surface area contributed by atoms with E-state index in [0.717, 1.165) is 22.4 Å². The van der Waals surface area contributed by atoms with E-state index in [9.17, 15) is 4.21 Å². The Morgan fingerprint density at radius 1 is 1.67 bits per heavy atom. The fourth-order valence-electron chi connectivity index (χ4n) is 1.20. The molecule has 1 rings (SSSR count). The second-order valence-electron chi connectivity index (χ2n) is 3.29. The molecule has 0 amide bonds. The lowest BCUT2D eigenvalue weighted by atomic mass is 10.2. The van der Waals surface area contributed by atoms with Crippen LogP contribution in [0.5, 0.6) is 0 Å². The molecule has 0 spiro atoms. The summed E-state index contributed by atoms with van der Waals surface area (Å²) in [6.07, 6.45) is 0. The number of halogens is 1. The van der Waals surface area contributed by atoms with E-state index in [-0.39, 0.29) is 6.04 Å². The zero-order valence-corrected chi connectivity index (χ0v) is 11.3. The second-order valence-corrected chi connectivity index (χ2v) is 6.70. The highest BCUT2D eigenvalue weighted by Gasteiger charge is 2.07. The van der Waals surface area contributed by atoms with Crippen molar-refractivity contribution in [2.45, 2.75) is 19.9 Å². The molecule has 0 aliphatic rings. The van der Waals surface area contributed by atoms with E-state index in [4.69, 9.17) is 11.6 Å². The summed E-state index contributed by atoms with van der Waals surface area (Å²) in [5.74, 6) is 1.46. The van der Waals surface area contributed by atoms with Crippen LogP contribution in [-0.4, -0.2) is 22.3 Å². The predicted octanol–water partition coefficient (Wildman–Crippen LogP) is 2.82. The van der Waals surface area contributed by atoms with Gasteiger partial charge in [0, 0.05) is 34.9 Å². The molecule has 1 aromatic rings. The molecule has 2 nitrogen and oxygen atoms in total. The van der Waals surface area contributed by atoms with Gasteiger partial charge in [0.2, 0.25) is 0 Å². The van der Waals surface area contributed by atoms with Crippen LogP contribution in [0.3, 0.4) is 0 Å². The Morgan fingerprint density at radius 3 is 2.93 bits per heavy atom. The van der Waals surface area contributed by atoms with E-state index in [1.807, 2.05) is 13.0 Å². The van der Waals surface area contributed by atoms with Crippen LogP contribution in [0, 0.1) is 0 Å². The molecule has 1 N–H and O–H groups in total. The lowest BCUT2D eigenvalue weighted by Gasteiger charge is -2.11. The third kappa shape index (κ3) is 4.64. The number of hydrogen-bond acceptors (Lipinski definition) is 3. The summed E-state index contributed by atoms with van der Waals surface area (Å²) in [5.41, 5.74) is 1.20. The molecule has 2 atom stereocenters. The van der Waals surface area contributed by atoms with E-state index >= 15 is 0 Å². The Labute approximate surface area is 102 Å². The Hall–Kier alpha value is 0.1000. The zero-order valence-electron chi connectivity index (χ0n) is 8.96. The Morgan fingerprint density at radius 2 is 2.40 bits per heavy atom. The largest absolute Gasteiger partial charge is 0.309 e. The van der Waals surface area contributed by atoms with Crippen LogP contribution in [0.25, 0.3) is 0 Å². The van der Waals surface area contributed by atoms with Crippen LogP contribution < -0.4 is 5.32 Å². The van der Waals surface area contributed by atoms with Crippen molar-refractivity contribution in [2.24, 2.45) is 0 Å². The molecule has 0 aliphatic heterocycles. The monoisotopic (exact) mass is 265 g/mol. The fraction of sp³-hybridized carbons (Fsp3) is 0.600. The van der Waals surface area contributed by atoms with E-state index in [2.05, 4.69) is 17.6 Å². The van der Waals surface area contributed by atoms with Crippen LogP contribution in [0.1, 0.15) is 25.5 Å². The summed E-state index contributed by atoms with van der Waals surface area (Å²) in [7, 11) is -0.681. The van der Waals surface area contributed by atoms with E-state index in [1.165, 1.54) is 5.56 Å². The van der Waals surface area contributed by atoms with E-state index < -0.39 is 10.8 Å². The highest BCUT2D eigenvalue weighted by atomic mass is 35.5. The van der Waals surface area contributed by atoms with Gasteiger partial charge in [0.15, 0.2) is 0 Å². The molecular weight excluding hydrogens is 250 g/mol. The summed E-state index contributed by atoms with van der Waals surface area (Å²) < 4.78 is 12.0. The molecule has 0 fully saturated rings. The molecular formula is C10H16ClNOS2. The first-order valence-electron chi connectivity index (χ1n) is 4.95. The van der Waals surface area contributed by atoms with E-state index in [0.29, 0.717) is 0 Å². The van der Waals surface area contributed by atoms with Gasteiger partial charge in [0.05, 0.1) is 4.34 Å². The maximum absolute atomic E-state index is 11.2. The highest BCUT2D eigenvalue weighted by Crippen LogP contribution is 2.24. The van der Waals surface area contributed by atoms with Gasteiger partial charge in [0.25, 0.3) is 0 Å². The molecule has 0 radical (unpaired) electrons. The minimum atomic E-state index is -0.681. The number of nitrogens with one attached hydrogen (secondary N) is 1. The Balaban J connectivity index is 2.30. The molecule has 0 aliphatic carbocycles. The predicted molar refractivity (Wildman–Crippen MR) is 69.3 cm³/mol. The van der Waals surface area contributed by atoms with Gasteiger partial charge < -0.3 is 5.32 Å². The summed E-state index contributed by atoms with van der Waals surface area (Å²) >= 11 is 7.40. The molecule has 5 heteroatoms.